The number of H-pyrrole nitrogens is 1. The maximum atomic E-state index is 12.0. The Morgan fingerprint density at radius 3 is 2.95 bits per heavy atom. The van der Waals surface area contributed by atoms with Crippen molar-refractivity contribution < 1.29 is 4.21 Å². The number of rotatable bonds is 2. The van der Waals surface area contributed by atoms with E-state index in [1.165, 1.54) is 5.57 Å². The molecule has 0 saturated carbocycles. The van der Waals surface area contributed by atoms with Crippen LogP contribution in [0, 0.1) is 0 Å². The molecular weight excluding hydrogens is 294 g/mol. The summed E-state index contributed by atoms with van der Waals surface area (Å²) in [6, 6.07) is 3.85. The Hall–Kier alpha value is -1.30. The fourth-order valence-electron chi connectivity index (χ4n) is 2.52. The standard InChI is InChI=1S/C14H16ClN3OS/c1-20(2,19)18-5-3-10(4-6-18)13-8-12(15)7-11-9-16-17-14(11)13/h3,7-9H,1,4-6H2,2H3,(H,16,17). The van der Waals surface area contributed by atoms with Crippen LogP contribution in [0.1, 0.15) is 12.0 Å². The number of benzene rings is 1. The first kappa shape index (κ1) is 13.7. The summed E-state index contributed by atoms with van der Waals surface area (Å²) in [6.07, 6.45) is 6.38. The van der Waals surface area contributed by atoms with Crippen LogP contribution < -0.4 is 0 Å². The van der Waals surface area contributed by atoms with Gasteiger partial charge in [0, 0.05) is 45.0 Å². The number of halogens is 1. The first-order valence-electron chi connectivity index (χ1n) is 6.34. The summed E-state index contributed by atoms with van der Waals surface area (Å²) >= 11 is 6.17. The average Bonchev–Trinajstić information content (AvgIpc) is 2.85. The van der Waals surface area contributed by atoms with E-state index >= 15 is 0 Å². The van der Waals surface area contributed by atoms with Crippen LogP contribution >= 0.6 is 11.6 Å². The van der Waals surface area contributed by atoms with E-state index in [1.54, 1.807) is 12.5 Å². The molecule has 0 spiro atoms. The third-order valence-corrected chi connectivity index (χ3v) is 5.22. The summed E-state index contributed by atoms with van der Waals surface area (Å²) in [5.74, 6) is 3.73. The monoisotopic (exact) mass is 309 g/mol. The van der Waals surface area contributed by atoms with Gasteiger partial charge < -0.3 is 0 Å². The molecular formula is C14H16ClN3OS. The number of nitrogens with one attached hydrogen (secondary N) is 1. The highest BCUT2D eigenvalue weighted by molar-refractivity contribution is 7.97. The smallest absolute Gasteiger partial charge is 0.0726 e. The molecule has 1 unspecified atom stereocenters. The molecule has 4 nitrogen and oxygen atoms in total. The molecule has 0 aliphatic carbocycles. The van der Waals surface area contributed by atoms with Crippen LogP contribution in [0.2, 0.25) is 5.02 Å². The van der Waals surface area contributed by atoms with Crippen LogP contribution in [-0.4, -0.2) is 43.9 Å². The number of aromatic amines is 1. The summed E-state index contributed by atoms with van der Waals surface area (Å²) in [5, 5.41) is 8.81. The van der Waals surface area contributed by atoms with Crippen molar-refractivity contribution in [2.24, 2.45) is 0 Å². The molecule has 1 aromatic heterocycles. The molecule has 1 atom stereocenters. The van der Waals surface area contributed by atoms with Gasteiger partial charge in [0.15, 0.2) is 0 Å². The van der Waals surface area contributed by atoms with Gasteiger partial charge in [-0.15, -0.1) is 0 Å². The van der Waals surface area contributed by atoms with Gasteiger partial charge in [-0.05, 0) is 30.0 Å². The van der Waals surface area contributed by atoms with E-state index in [-0.39, 0.29) is 0 Å². The summed E-state index contributed by atoms with van der Waals surface area (Å²) in [6.45, 7) is 1.39. The molecule has 3 rings (SSSR count). The number of hydrogen-bond acceptors (Lipinski definition) is 2. The van der Waals surface area contributed by atoms with Crippen LogP contribution in [0.4, 0.5) is 0 Å². The van der Waals surface area contributed by atoms with Gasteiger partial charge >= 0.3 is 0 Å². The Labute approximate surface area is 123 Å². The van der Waals surface area contributed by atoms with Gasteiger partial charge in [0.05, 0.1) is 11.7 Å². The zero-order valence-corrected chi connectivity index (χ0v) is 12.8. The van der Waals surface area contributed by atoms with E-state index in [1.807, 2.05) is 16.4 Å². The van der Waals surface area contributed by atoms with Crippen molar-refractivity contribution in [1.82, 2.24) is 14.5 Å². The topological polar surface area (TPSA) is 49.0 Å². The van der Waals surface area contributed by atoms with Crippen LogP contribution in [0.15, 0.2) is 24.4 Å². The molecule has 1 N–H and O–H groups in total. The molecule has 6 heteroatoms. The van der Waals surface area contributed by atoms with Crippen LogP contribution in [0.25, 0.3) is 16.5 Å². The summed E-state index contributed by atoms with van der Waals surface area (Å²) < 4.78 is 13.9. The summed E-state index contributed by atoms with van der Waals surface area (Å²) in [7, 11) is -2.13. The van der Waals surface area contributed by atoms with Gasteiger partial charge in [-0.1, -0.05) is 17.7 Å². The van der Waals surface area contributed by atoms with Gasteiger partial charge in [0.2, 0.25) is 0 Å². The SMILES string of the molecule is C=S(C)(=O)N1CC=C(c2cc(Cl)cc3cn[nH]c23)CC1. The van der Waals surface area contributed by atoms with Crippen LogP contribution in [0.3, 0.4) is 0 Å². The predicted molar refractivity (Wildman–Crippen MR) is 86.5 cm³/mol. The molecule has 0 radical (unpaired) electrons. The lowest BCUT2D eigenvalue weighted by atomic mass is 9.98. The minimum absolute atomic E-state index is 0.649. The maximum Gasteiger partial charge on any atom is 0.0726 e. The highest BCUT2D eigenvalue weighted by Crippen LogP contribution is 2.31. The minimum Gasteiger partial charge on any atom is -0.277 e. The second kappa shape index (κ2) is 4.91. The van der Waals surface area contributed by atoms with Gasteiger partial charge in [-0.3, -0.25) is 9.31 Å². The minimum atomic E-state index is -2.13. The van der Waals surface area contributed by atoms with Crippen molar-refractivity contribution in [2.45, 2.75) is 6.42 Å². The zero-order valence-electron chi connectivity index (χ0n) is 11.2. The van der Waals surface area contributed by atoms with Crippen molar-refractivity contribution in [3.63, 3.8) is 0 Å². The molecule has 0 amide bonds. The fraction of sp³-hybridized carbons (Fsp3) is 0.286. The Balaban J connectivity index is 2.01. The molecule has 0 saturated heterocycles. The Bertz CT molecular complexity index is 792. The third-order valence-electron chi connectivity index (χ3n) is 3.58. The number of fused-ring (bicyclic) bond motifs is 1. The quantitative estimate of drug-likeness (QED) is 0.867. The number of hydrogen-bond donors (Lipinski definition) is 1. The lowest BCUT2D eigenvalue weighted by Gasteiger charge is -2.27. The zero-order chi connectivity index (χ0) is 14.3. The van der Waals surface area contributed by atoms with Gasteiger partial charge in [-0.25, -0.2) is 4.31 Å². The lowest BCUT2D eigenvalue weighted by Crippen LogP contribution is -2.33. The van der Waals surface area contributed by atoms with Crippen molar-refractivity contribution in [3.8, 4) is 0 Å². The summed E-state index contributed by atoms with van der Waals surface area (Å²) in [4.78, 5) is 0. The largest absolute Gasteiger partial charge is 0.277 e. The van der Waals surface area contributed by atoms with Gasteiger partial charge in [-0.2, -0.15) is 5.10 Å². The number of aromatic nitrogens is 2. The molecule has 106 valence electrons. The van der Waals surface area contributed by atoms with E-state index in [0.29, 0.717) is 11.6 Å². The Morgan fingerprint density at radius 1 is 1.50 bits per heavy atom. The van der Waals surface area contributed by atoms with Gasteiger partial charge in [0.1, 0.15) is 0 Å². The molecule has 1 aromatic carbocycles. The normalized spacial score (nSPS) is 19.8. The fourth-order valence-corrected chi connectivity index (χ4v) is 3.61. The first-order valence-corrected chi connectivity index (χ1v) is 8.81. The number of nitrogens with zero attached hydrogens (tertiary/aromatic N) is 2. The molecule has 1 aliphatic rings. The lowest BCUT2D eigenvalue weighted by molar-refractivity contribution is 0.484. The molecule has 2 aromatic rings. The van der Waals surface area contributed by atoms with E-state index in [2.05, 4.69) is 22.1 Å². The second-order valence-corrected chi connectivity index (χ2v) is 7.99. The van der Waals surface area contributed by atoms with E-state index in [9.17, 15) is 4.21 Å². The summed E-state index contributed by atoms with van der Waals surface area (Å²) in [5.41, 5.74) is 3.29. The highest BCUT2D eigenvalue weighted by Gasteiger charge is 2.18. The molecule has 1 aliphatic heterocycles. The Morgan fingerprint density at radius 2 is 2.30 bits per heavy atom. The third kappa shape index (κ3) is 2.49. The molecule has 0 bridgehead atoms. The van der Waals surface area contributed by atoms with Crippen molar-refractivity contribution in [3.05, 3.63) is 35.0 Å². The molecule has 2 heterocycles. The van der Waals surface area contributed by atoms with Crippen molar-refractivity contribution >= 4 is 43.7 Å². The average molecular weight is 310 g/mol. The highest BCUT2D eigenvalue weighted by atomic mass is 35.5. The first-order chi connectivity index (χ1) is 9.45. The maximum absolute atomic E-state index is 12.0. The Kier molecular flexibility index (Phi) is 3.36. The predicted octanol–water partition coefficient (Wildman–Crippen LogP) is 2.57. The van der Waals surface area contributed by atoms with Crippen molar-refractivity contribution in [2.75, 3.05) is 19.3 Å². The van der Waals surface area contributed by atoms with Crippen LogP contribution in [-0.2, 0) is 9.71 Å². The van der Waals surface area contributed by atoms with E-state index in [0.717, 1.165) is 29.4 Å². The van der Waals surface area contributed by atoms with E-state index < -0.39 is 9.71 Å². The second-order valence-electron chi connectivity index (χ2n) is 5.11. The van der Waals surface area contributed by atoms with Gasteiger partial charge in [0.25, 0.3) is 0 Å². The van der Waals surface area contributed by atoms with E-state index in [4.69, 9.17) is 11.6 Å². The van der Waals surface area contributed by atoms with Crippen LogP contribution in [0.5, 0.6) is 0 Å². The molecule has 0 fully saturated rings. The van der Waals surface area contributed by atoms with Crippen molar-refractivity contribution in [1.29, 1.82) is 0 Å². The molecule has 20 heavy (non-hydrogen) atoms.